The highest BCUT2D eigenvalue weighted by Gasteiger charge is 2.26. The first kappa shape index (κ1) is 14.7. The average Bonchev–Trinajstić information content (AvgIpc) is 2.47. The summed E-state index contributed by atoms with van der Waals surface area (Å²) in [4.78, 5) is 13.7. The fourth-order valence-corrected chi connectivity index (χ4v) is 2.31. The number of rotatable bonds is 3. The highest BCUT2D eigenvalue weighted by atomic mass is 16.5. The number of aliphatic hydroxyl groups excluding tert-OH is 1. The van der Waals surface area contributed by atoms with E-state index in [-0.39, 0.29) is 11.9 Å². The zero-order chi connectivity index (χ0) is 14.5. The van der Waals surface area contributed by atoms with Crippen LogP contribution in [0.1, 0.15) is 18.9 Å². The molecule has 1 aromatic carbocycles. The summed E-state index contributed by atoms with van der Waals surface area (Å²) in [7, 11) is 1.62. The molecule has 5 nitrogen and oxygen atoms in total. The summed E-state index contributed by atoms with van der Waals surface area (Å²) in [5.41, 5.74) is 0.989. The Bertz CT molecular complexity index is 464. The molecule has 1 saturated heterocycles. The van der Waals surface area contributed by atoms with Crippen LogP contribution >= 0.6 is 0 Å². The van der Waals surface area contributed by atoms with Gasteiger partial charge in [0.1, 0.15) is 5.75 Å². The van der Waals surface area contributed by atoms with Crippen molar-refractivity contribution >= 4 is 6.03 Å². The van der Waals surface area contributed by atoms with Gasteiger partial charge < -0.3 is 20.1 Å². The lowest BCUT2D eigenvalue weighted by Crippen LogP contribution is -2.49. The molecule has 0 radical (unpaired) electrons. The van der Waals surface area contributed by atoms with Crippen LogP contribution in [0, 0.1) is 5.92 Å². The van der Waals surface area contributed by atoms with Crippen molar-refractivity contribution in [1.82, 2.24) is 10.2 Å². The number of carbonyl (C=O) groups excluding carboxylic acids is 1. The van der Waals surface area contributed by atoms with Crippen molar-refractivity contribution in [2.45, 2.75) is 26.0 Å². The number of benzene rings is 1. The Balaban J connectivity index is 1.85. The molecule has 1 fully saturated rings. The molecule has 0 aliphatic carbocycles. The average molecular weight is 278 g/mol. The minimum Gasteiger partial charge on any atom is -0.497 e. The Morgan fingerprint density at radius 3 is 3.05 bits per heavy atom. The number of ether oxygens (including phenoxy) is 1. The van der Waals surface area contributed by atoms with E-state index >= 15 is 0 Å². The predicted octanol–water partition coefficient (Wildman–Crippen LogP) is 1.61. The number of piperidine rings is 1. The quantitative estimate of drug-likeness (QED) is 0.883. The largest absolute Gasteiger partial charge is 0.497 e. The van der Waals surface area contributed by atoms with Crippen molar-refractivity contribution in [3.05, 3.63) is 29.8 Å². The molecule has 2 N–H and O–H groups in total. The van der Waals surface area contributed by atoms with Gasteiger partial charge in [0.15, 0.2) is 0 Å². The second kappa shape index (κ2) is 6.61. The molecule has 2 atom stereocenters. The number of urea groups is 1. The van der Waals surface area contributed by atoms with Gasteiger partial charge in [-0.1, -0.05) is 19.1 Å². The number of nitrogens with one attached hydrogen (secondary N) is 1. The van der Waals surface area contributed by atoms with Crippen molar-refractivity contribution in [1.29, 1.82) is 0 Å². The maximum Gasteiger partial charge on any atom is 0.317 e. The third kappa shape index (κ3) is 3.63. The normalized spacial score (nSPS) is 22.4. The van der Waals surface area contributed by atoms with Crippen LogP contribution in [0.4, 0.5) is 4.79 Å². The molecule has 2 rings (SSSR count). The van der Waals surface area contributed by atoms with Crippen LogP contribution in [0.25, 0.3) is 0 Å². The molecule has 20 heavy (non-hydrogen) atoms. The van der Waals surface area contributed by atoms with E-state index in [4.69, 9.17) is 4.74 Å². The van der Waals surface area contributed by atoms with Crippen LogP contribution < -0.4 is 10.1 Å². The minimum absolute atomic E-state index is 0.126. The van der Waals surface area contributed by atoms with Crippen molar-refractivity contribution in [2.24, 2.45) is 5.92 Å². The Kier molecular flexibility index (Phi) is 4.84. The fourth-order valence-electron chi connectivity index (χ4n) is 2.31. The molecular formula is C15H22N2O3. The number of hydrogen-bond donors (Lipinski definition) is 2. The smallest absolute Gasteiger partial charge is 0.317 e. The van der Waals surface area contributed by atoms with Crippen molar-refractivity contribution in [3.63, 3.8) is 0 Å². The molecule has 0 bridgehead atoms. The number of amides is 2. The van der Waals surface area contributed by atoms with Gasteiger partial charge in [0.05, 0.1) is 13.2 Å². The third-order valence-electron chi connectivity index (χ3n) is 3.78. The Morgan fingerprint density at radius 2 is 2.35 bits per heavy atom. The van der Waals surface area contributed by atoms with Crippen LogP contribution in [0.3, 0.4) is 0 Å². The van der Waals surface area contributed by atoms with Gasteiger partial charge in [-0.3, -0.25) is 0 Å². The fraction of sp³-hybridized carbons (Fsp3) is 0.533. The molecule has 110 valence electrons. The lowest BCUT2D eigenvalue weighted by Gasteiger charge is -2.34. The van der Waals surface area contributed by atoms with Crippen molar-refractivity contribution in [3.8, 4) is 5.75 Å². The molecule has 1 aromatic rings. The van der Waals surface area contributed by atoms with Gasteiger partial charge in [0.25, 0.3) is 0 Å². The summed E-state index contributed by atoms with van der Waals surface area (Å²) in [5, 5.41) is 12.7. The Labute approximate surface area is 119 Å². The van der Waals surface area contributed by atoms with E-state index in [0.29, 0.717) is 19.6 Å². The highest BCUT2D eigenvalue weighted by Crippen LogP contribution is 2.17. The van der Waals surface area contributed by atoms with Gasteiger partial charge in [-0.05, 0) is 30.0 Å². The number of carbonyl (C=O) groups is 1. The van der Waals surface area contributed by atoms with E-state index in [1.165, 1.54) is 0 Å². The zero-order valence-electron chi connectivity index (χ0n) is 12.0. The topological polar surface area (TPSA) is 61.8 Å². The third-order valence-corrected chi connectivity index (χ3v) is 3.78. The van der Waals surface area contributed by atoms with Gasteiger partial charge >= 0.3 is 6.03 Å². The molecule has 5 heteroatoms. The zero-order valence-corrected chi connectivity index (χ0v) is 12.0. The van der Waals surface area contributed by atoms with E-state index in [1.54, 1.807) is 12.0 Å². The van der Waals surface area contributed by atoms with Crippen LogP contribution in [0.2, 0.25) is 0 Å². The number of hydrogen-bond acceptors (Lipinski definition) is 3. The Morgan fingerprint density at radius 1 is 1.55 bits per heavy atom. The van der Waals surface area contributed by atoms with Crippen LogP contribution in [0.15, 0.2) is 24.3 Å². The molecule has 1 heterocycles. The summed E-state index contributed by atoms with van der Waals surface area (Å²) >= 11 is 0. The van der Waals surface area contributed by atoms with Gasteiger partial charge in [-0.25, -0.2) is 4.79 Å². The lowest BCUT2D eigenvalue weighted by atomic mass is 9.96. The predicted molar refractivity (Wildman–Crippen MR) is 76.6 cm³/mol. The van der Waals surface area contributed by atoms with Gasteiger partial charge in [0, 0.05) is 19.6 Å². The number of nitrogens with zero attached hydrogens (tertiary/aromatic N) is 1. The maximum absolute atomic E-state index is 12.1. The molecule has 1 aliphatic rings. The van der Waals surface area contributed by atoms with Crippen LogP contribution in [-0.2, 0) is 6.54 Å². The summed E-state index contributed by atoms with van der Waals surface area (Å²) < 4.78 is 5.15. The highest BCUT2D eigenvalue weighted by molar-refractivity contribution is 5.74. The number of β-amino-alcohol motifs (C(OH)–C–C–N with tert-alkyl or cyclic N) is 1. The summed E-state index contributed by atoms with van der Waals surface area (Å²) in [6.07, 6.45) is 0.416. The van der Waals surface area contributed by atoms with Crippen molar-refractivity contribution in [2.75, 3.05) is 20.2 Å². The van der Waals surface area contributed by atoms with Crippen LogP contribution in [-0.4, -0.2) is 42.3 Å². The molecule has 2 amide bonds. The summed E-state index contributed by atoms with van der Waals surface area (Å²) in [6.45, 7) is 3.57. The number of likely N-dealkylation sites (tertiary alicyclic amines) is 1. The van der Waals surface area contributed by atoms with Gasteiger partial charge in [-0.2, -0.15) is 0 Å². The first-order valence-electron chi connectivity index (χ1n) is 6.94. The molecule has 0 spiro atoms. The molecule has 2 unspecified atom stereocenters. The molecule has 1 aliphatic heterocycles. The maximum atomic E-state index is 12.1. The lowest BCUT2D eigenvalue weighted by molar-refractivity contribution is 0.0435. The van der Waals surface area contributed by atoms with Gasteiger partial charge in [0.2, 0.25) is 0 Å². The first-order valence-corrected chi connectivity index (χ1v) is 6.94. The second-order valence-electron chi connectivity index (χ2n) is 5.29. The van der Waals surface area contributed by atoms with Crippen molar-refractivity contribution < 1.29 is 14.6 Å². The van der Waals surface area contributed by atoms with E-state index < -0.39 is 6.10 Å². The second-order valence-corrected chi connectivity index (χ2v) is 5.29. The molecule has 0 aromatic heterocycles. The number of methoxy groups -OCH3 is 1. The monoisotopic (exact) mass is 278 g/mol. The van der Waals surface area contributed by atoms with E-state index in [2.05, 4.69) is 5.32 Å². The van der Waals surface area contributed by atoms with Crippen LogP contribution in [0.5, 0.6) is 5.75 Å². The van der Waals surface area contributed by atoms with E-state index in [0.717, 1.165) is 17.7 Å². The minimum atomic E-state index is -0.425. The first-order chi connectivity index (χ1) is 9.60. The van der Waals surface area contributed by atoms with E-state index in [1.807, 2.05) is 31.2 Å². The summed E-state index contributed by atoms with van der Waals surface area (Å²) in [6, 6.07) is 7.47. The summed E-state index contributed by atoms with van der Waals surface area (Å²) in [5.74, 6) is 1.04. The van der Waals surface area contributed by atoms with Gasteiger partial charge in [-0.15, -0.1) is 0 Å². The molecule has 0 saturated carbocycles. The SMILES string of the molecule is COc1cccc(CNC(=O)N2CCC(C)C(O)C2)c1. The van der Waals surface area contributed by atoms with E-state index in [9.17, 15) is 9.90 Å². The standard InChI is InChI=1S/C15H22N2O3/c1-11-6-7-17(10-14(11)18)15(19)16-9-12-4-3-5-13(8-12)20-2/h3-5,8,11,14,18H,6-7,9-10H2,1-2H3,(H,16,19). The Hall–Kier alpha value is -1.75. The molecular weight excluding hydrogens is 256 g/mol. The number of aliphatic hydroxyl groups is 1.